The molecule has 0 fully saturated rings. The normalized spacial score (nSPS) is 10.1. The van der Waals surface area contributed by atoms with Gasteiger partial charge in [0.25, 0.3) is 0 Å². The molecule has 1 heterocycles. The Morgan fingerprint density at radius 1 is 1.14 bits per heavy atom. The maximum absolute atomic E-state index is 9.08. The van der Waals surface area contributed by atoms with Crippen molar-refractivity contribution in [1.82, 2.24) is 15.2 Å². The van der Waals surface area contributed by atoms with Crippen LogP contribution in [-0.2, 0) is 0 Å². The first-order chi connectivity index (χ1) is 6.75. The van der Waals surface area contributed by atoms with Gasteiger partial charge in [-0.15, -0.1) is 5.10 Å². The van der Waals surface area contributed by atoms with Crippen molar-refractivity contribution in [1.29, 1.82) is 0 Å². The van der Waals surface area contributed by atoms with Gasteiger partial charge in [-0.2, -0.15) is 5.10 Å². The molecule has 1 N–H and O–H groups in total. The van der Waals surface area contributed by atoms with E-state index in [1.165, 1.54) is 6.20 Å². The van der Waals surface area contributed by atoms with E-state index in [1.54, 1.807) is 24.3 Å². The quantitative estimate of drug-likeness (QED) is 0.776. The van der Waals surface area contributed by atoms with E-state index in [4.69, 9.17) is 16.7 Å². The highest BCUT2D eigenvalue weighted by Crippen LogP contribution is 2.19. The van der Waals surface area contributed by atoms with Gasteiger partial charge in [-0.3, -0.25) is 0 Å². The third-order valence-electron chi connectivity index (χ3n) is 1.70. The van der Waals surface area contributed by atoms with E-state index in [9.17, 15) is 0 Å². The summed E-state index contributed by atoms with van der Waals surface area (Å²) in [4.78, 5) is 3.98. The molecule has 0 bridgehead atoms. The number of rotatable bonds is 1. The number of phenolic OH excluding ortho intramolecular Hbond substituents is 1. The maximum atomic E-state index is 9.08. The molecule has 0 aliphatic rings. The summed E-state index contributed by atoms with van der Waals surface area (Å²) in [6.45, 7) is 0. The van der Waals surface area contributed by atoms with Crippen LogP contribution in [0.2, 0.25) is 5.28 Å². The van der Waals surface area contributed by atoms with Crippen LogP contribution in [0.1, 0.15) is 0 Å². The van der Waals surface area contributed by atoms with Crippen molar-refractivity contribution in [2.75, 3.05) is 0 Å². The van der Waals surface area contributed by atoms with Crippen molar-refractivity contribution in [3.8, 4) is 17.0 Å². The van der Waals surface area contributed by atoms with Crippen molar-refractivity contribution in [3.63, 3.8) is 0 Å². The summed E-state index contributed by atoms with van der Waals surface area (Å²) in [6.07, 6.45) is 1.51. The SMILES string of the molecule is Oc1ccc(-c2cnnc(Cl)n2)cc1. The molecule has 0 aliphatic carbocycles. The highest BCUT2D eigenvalue weighted by Gasteiger charge is 2.01. The van der Waals surface area contributed by atoms with E-state index in [1.807, 2.05) is 0 Å². The first kappa shape index (κ1) is 8.90. The minimum atomic E-state index is 0.107. The van der Waals surface area contributed by atoms with E-state index >= 15 is 0 Å². The summed E-state index contributed by atoms with van der Waals surface area (Å²) >= 11 is 5.59. The van der Waals surface area contributed by atoms with Gasteiger partial charge in [0.05, 0.1) is 11.9 Å². The van der Waals surface area contributed by atoms with E-state index in [0.29, 0.717) is 5.69 Å². The Morgan fingerprint density at radius 3 is 2.50 bits per heavy atom. The topological polar surface area (TPSA) is 58.9 Å². The van der Waals surface area contributed by atoms with Crippen LogP contribution in [0.25, 0.3) is 11.3 Å². The van der Waals surface area contributed by atoms with Gasteiger partial charge in [0.1, 0.15) is 5.75 Å². The van der Waals surface area contributed by atoms with Crippen LogP contribution in [0.4, 0.5) is 0 Å². The lowest BCUT2D eigenvalue weighted by Crippen LogP contribution is -1.89. The Hall–Kier alpha value is -1.68. The first-order valence-corrected chi connectivity index (χ1v) is 4.28. The molecule has 14 heavy (non-hydrogen) atoms. The molecule has 5 heteroatoms. The second-order valence-electron chi connectivity index (χ2n) is 2.66. The molecule has 0 atom stereocenters. The Balaban J connectivity index is 2.44. The number of aromatic nitrogens is 3. The smallest absolute Gasteiger partial charge is 0.243 e. The number of aromatic hydroxyl groups is 1. The molecule has 0 radical (unpaired) electrons. The summed E-state index contributed by atoms with van der Waals surface area (Å²) < 4.78 is 0. The van der Waals surface area contributed by atoms with Crippen molar-refractivity contribution >= 4 is 11.6 Å². The van der Waals surface area contributed by atoms with Gasteiger partial charge < -0.3 is 5.11 Å². The molecule has 0 saturated carbocycles. The summed E-state index contributed by atoms with van der Waals surface area (Å²) in [6, 6.07) is 6.61. The molecular formula is C9H6ClN3O. The Morgan fingerprint density at radius 2 is 1.86 bits per heavy atom. The Bertz CT molecular complexity index is 444. The van der Waals surface area contributed by atoms with Gasteiger partial charge in [0, 0.05) is 5.56 Å². The number of nitrogens with zero attached hydrogens (tertiary/aromatic N) is 3. The average molecular weight is 208 g/mol. The molecule has 0 aliphatic heterocycles. The van der Waals surface area contributed by atoms with Crippen molar-refractivity contribution in [3.05, 3.63) is 35.7 Å². The Labute approximate surface area is 85.2 Å². The van der Waals surface area contributed by atoms with Crippen LogP contribution in [0.15, 0.2) is 30.5 Å². The lowest BCUT2D eigenvalue weighted by atomic mass is 10.1. The molecule has 2 rings (SSSR count). The molecule has 0 unspecified atom stereocenters. The fourth-order valence-electron chi connectivity index (χ4n) is 1.05. The number of hydrogen-bond acceptors (Lipinski definition) is 4. The fourth-order valence-corrected chi connectivity index (χ4v) is 1.19. The molecule has 0 amide bonds. The van der Waals surface area contributed by atoms with Crippen LogP contribution in [0.5, 0.6) is 5.75 Å². The molecule has 2 aromatic rings. The predicted molar refractivity (Wildman–Crippen MR) is 51.9 cm³/mol. The maximum Gasteiger partial charge on any atom is 0.243 e. The summed E-state index contributed by atoms with van der Waals surface area (Å²) in [5.41, 5.74) is 1.46. The zero-order valence-electron chi connectivity index (χ0n) is 7.05. The van der Waals surface area contributed by atoms with Gasteiger partial charge in [-0.25, -0.2) is 4.98 Å². The van der Waals surface area contributed by atoms with E-state index in [2.05, 4.69) is 15.2 Å². The second-order valence-corrected chi connectivity index (χ2v) is 3.00. The van der Waals surface area contributed by atoms with Crippen LogP contribution in [0, 0.1) is 0 Å². The molecule has 0 saturated heterocycles. The summed E-state index contributed by atoms with van der Waals surface area (Å²) in [7, 11) is 0. The molecular weight excluding hydrogens is 202 g/mol. The number of benzene rings is 1. The zero-order valence-corrected chi connectivity index (χ0v) is 7.81. The predicted octanol–water partition coefficient (Wildman–Crippen LogP) is 1.90. The van der Waals surface area contributed by atoms with Gasteiger partial charge in [-0.05, 0) is 35.9 Å². The molecule has 1 aromatic carbocycles. The number of phenols is 1. The number of hydrogen-bond donors (Lipinski definition) is 1. The summed E-state index contributed by atoms with van der Waals surface area (Å²) in [5, 5.41) is 16.4. The number of halogens is 1. The van der Waals surface area contributed by atoms with Crippen molar-refractivity contribution in [2.45, 2.75) is 0 Å². The van der Waals surface area contributed by atoms with Gasteiger partial charge in [-0.1, -0.05) is 0 Å². The fraction of sp³-hybridized carbons (Fsp3) is 0. The van der Waals surface area contributed by atoms with Crippen LogP contribution in [-0.4, -0.2) is 20.3 Å². The van der Waals surface area contributed by atoms with Gasteiger partial charge in [0.2, 0.25) is 5.28 Å². The summed E-state index contributed by atoms with van der Waals surface area (Å²) in [5.74, 6) is 0.210. The highest BCUT2D eigenvalue weighted by molar-refractivity contribution is 6.28. The first-order valence-electron chi connectivity index (χ1n) is 3.90. The third kappa shape index (κ3) is 1.80. The van der Waals surface area contributed by atoms with E-state index in [0.717, 1.165) is 5.56 Å². The second kappa shape index (κ2) is 3.59. The minimum Gasteiger partial charge on any atom is -0.508 e. The molecule has 70 valence electrons. The van der Waals surface area contributed by atoms with Crippen molar-refractivity contribution in [2.24, 2.45) is 0 Å². The highest BCUT2D eigenvalue weighted by atomic mass is 35.5. The molecule has 0 spiro atoms. The molecule has 4 nitrogen and oxygen atoms in total. The van der Waals surface area contributed by atoms with Crippen LogP contribution >= 0.6 is 11.6 Å². The minimum absolute atomic E-state index is 0.107. The molecule has 1 aromatic heterocycles. The zero-order chi connectivity index (χ0) is 9.97. The van der Waals surface area contributed by atoms with Crippen LogP contribution < -0.4 is 0 Å². The van der Waals surface area contributed by atoms with E-state index < -0.39 is 0 Å². The monoisotopic (exact) mass is 207 g/mol. The largest absolute Gasteiger partial charge is 0.508 e. The third-order valence-corrected chi connectivity index (χ3v) is 1.86. The average Bonchev–Trinajstić information content (AvgIpc) is 2.19. The lowest BCUT2D eigenvalue weighted by Gasteiger charge is -1.99. The van der Waals surface area contributed by atoms with Crippen LogP contribution in [0.3, 0.4) is 0 Å². The lowest BCUT2D eigenvalue weighted by molar-refractivity contribution is 0.475. The standard InChI is InChI=1S/C9H6ClN3O/c10-9-12-8(5-11-13-9)6-1-3-7(14)4-2-6/h1-5,14H. The van der Waals surface area contributed by atoms with Crippen molar-refractivity contribution < 1.29 is 5.11 Å². The van der Waals surface area contributed by atoms with Gasteiger partial charge >= 0.3 is 0 Å². The van der Waals surface area contributed by atoms with E-state index in [-0.39, 0.29) is 11.0 Å². The van der Waals surface area contributed by atoms with Gasteiger partial charge in [0.15, 0.2) is 0 Å². The Kier molecular flexibility index (Phi) is 2.28.